The number of carboxylic acid groups (broad SMARTS) is 2. The first kappa shape index (κ1) is 17.2. The highest BCUT2D eigenvalue weighted by Crippen LogP contribution is 2.01. The molecule has 0 rings (SSSR count). The SMILES string of the molecule is CCCCC(C)NC(=O)NC(CCC(=O)O)C(=O)O. The first-order valence-electron chi connectivity index (χ1n) is 6.38. The van der Waals surface area contributed by atoms with Gasteiger partial charge >= 0.3 is 18.0 Å². The number of hydrogen-bond donors (Lipinski definition) is 4. The van der Waals surface area contributed by atoms with Crippen molar-refractivity contribution in [2.45, 2.75) is 58.0 Å². The molecular formula is C12H22N2O5. The van der Waals surface area contributed by atoms with Crippen LogP contribution in [0.1, 0.15) is 46.0 Å². The lowest BCUT2D eigenvalue weighted by Gasteiger charge is -2.17. The molecule has 0 spiro atoms. The molecule has 2 atom stereocenters. The molecule has 7 nitrogen and oxygen atoms in total. The van der Waals surface area contributed by atoms with Crippen molar-refractivity contribution in [2.75, 3.05) is 0 Å². The number of amides is 2. The van der Waals surface area contributed by atoms with Gasteiger partial charge in [-0.05, 0) is 19.8 Å². The number of aliphatic carboxylic acids is 2. The average Bonchev–Trinajstić information content (AvgIpc) is 2.31. The molecule has 7 heteroatoms. The van der Waals surface area contributed by atoms with Gasteiger partial charge in [-0.15, -0.1) is 0 Å². The molecule has 0 bridgehead atoms. The van der Waals surface area contributed by atoms with E-state index in [1.54, 1.807) is 0 Å². The molecule has 19 heavy (non-hydrogen) atoms. The van der Waals surface area contributed by atoms with E-state index in [4.69, 9.17) is 10.2 Å². The van der Waals surface area contributed by atoms with Crippen molar-refractivity contribution in [3.63, 3.8) is 0 Å². The molecule has 0 aromatic rings. The van der Waals surface area contributed by atoms with Crippen LogP contribution in [0.5, 0.6) is 0 Å². The Morgan fingerprint density at radius 2 is 1.74 bits per heavy atom. The van der Waals surface area contributed by atoms with Crippen molar-refractivity contribution in [1.29, 1.82) is 0 Å². The lowest BCUT2D eigenvalue weighted by molar-refractivity contribution is -0.140. The largest absolute Gasteiger partial charge is 0.481 e. The van der Waals surface area contributed by atoms with Crippen LogP contribution in [-0.2, 0) is 9.59 Å². The molecule has 0 aromatic carbocycles. The number of hydrogen-bond acceptors (Lipinski definition) is 3. The normalized spacial score (nSPS) is 13.4. The Bertz CT molecular complexity index is 319. The van der Waals surface area contributed by atoms with E-state index >= 15 is 0 Å². The first-order chi connectivity index (χ1) is 8.86. The summed E-state index contributed by atoms with van der Waals surface area (Å²) in [5.41, 5.74) is 0. The fourth-order valence-electron chi connectivity index (χ4n) is 1.53. The number of carbonyl (C=O) groups excluding carboxylic acids is 1. The van der Waals surface area contributed by atoms with Gasteiger partial charge in [-0.3, -0.25) is 4.79 Å². The van der Waals surface area contributed by atoms with E-state index in [0.29, 0.717) is 0 Å². The summed E-state index contributed by atoms with van der Waals surface area (Å²) in [5, 5.41) is 22.3. The van der Waals surface area contributed by atoms with E-state index in [1.165, 1.54) is 0 Å². The molecular weight excluding hydrogens is 252 g/mol. The van der Waals surface area contributed by atoms with Crippen molar-refractivity contribution < 1.29 is 24.6 Å². The monoisotopic (exact) mass is 274 g/mol. The minimum atomic E-state index is -1.24. The molecule has 110 valence electrons. The Balaban J connectivity index is 4.16. The second-order valence-electron chi connectivity index (χ2n) is 4.48. The molecule has 0 saturated carbocycles. The molecule has 2 amide bonds. The van der Waals surface area contributed by atoms with Crippen LogP contribution >= 0.6 is 0 Å². The molecule has 0 heterocycles. The summed E-state index contributed by atoms with van der Waals surface area (Å²) in [7, 11) is 0. The van der Waals surface area contributed by atoms with Crippen molar-refractivity contribution in [3.8, 4) is 0 Å². The standard InChI is InChI=1S/C12H22N2O5/c1-3-4-5-8(2)13-12(19)14-9(11(17)18)6-7-10(15)16/h8-9H,3-7H2,1-2H3,(H,15,16)(H,17,18)(H2,13,14,19). The fraction of sp³-hybridized carbons (Fsp3) is 0.750. The Labute approximate surface area is 112 Å². The third-order valence-electron chi connectivity index (χ3n) is 2.62. The molecule has 2 unspecified atom stereocenters. The van der Waals surface area contributed by atoms with Crippen molar-refractivity contribution >= 4 is 18.0 Å². The summed E-state index contributed by atoms with van der Waals surface area (Å²) in [6.45, 7) is 3.88. The van der Waals surface area contributed by atoms with Crippen LogP contribution < -0.4 is 10.6 Å². The predicted octanol–water partition coefficient (Wildman–Crippen LogP) is 1.18. The zero-order valence-electron chi connectivity index (χ0n) is 11.3. The van der Waals surface area contributed by atoms with Gasteiger partial charge in [0.25, 0.3) is 0 Å². The van der Waals surface area contributed by atoms with E-state index < -0.39 is 24.0 Å². The van der Waals surface area contributed by atoms with Crippen LogP contribution in [0.15, 0.2) is 0 Å². The van der Waals surface area contributed by atoms with Gasteiger partial charge in [0.1, 0.15) is 6.04 Å². The van der Waals surface area contributed by atoms with E-state index in [1.807, 2.05) is 13.8 Å². The molecule has 0 aliphatic heterocycles. The smallest absolute Gasteiger partial charge is 0.326 e. The van der Waals surface area contributed by atoms with Gasteiger partial charge in [-0.25, -0.2) is 9.59 Å². The van der Waals surface area contributed by atoms with Gasteiger partial charge in [0.15, 0.2) is 0 Å². The van der Waals surface area contributed by atoms with Gasteiger partial charge < -0.3 is 20.8 Å². The maximum absolute atomic E-state index is 11.5. The van der Waals surface area contributed by atoms with Gasteiger partial charge in [-0.1, -0.05) is 19.8 Å². The maximum atomic E-state index is 11.5. The van der Waals surface area contributed by atoms with Crippen molar-refractivity contribution in [3.05, 3.63) is 0 Å². The van der Waals surface area contributed by atoms with E-state index in [2.05, 4.69) is 10.6 Å². The Morgan fingerprint density at radius 1 is 1.11 bits per heavy atom. The van der Waals surface area contributed by atoms with Crippen LogP contribution in [0.4, 0.5) is 4.79 Å². The van der Waals surface area contributed by atoms with Crippen LogP contribution in [-0.4, -0.2) is 40.3 Å². The number of carboxylic acids is 2. The number of carbonyl (C=O) groups is 3. The van der Waals surface area contributed by atoms with Crippen molar-refractivity contribution in [1.82, 2.24) is 10.6 Å². The summed E-state index contributed by atoms with van der Waals surface area (Å²) in [6.07, 6.45) is 2.37. The van der Waals surface area contributed by atoms with E-state index in [-0.39, 0.29) is 18.9 Å². The highest BCUT2D eigenvalue weighted by Gasteiger charge is 2.21. The molecule has 0 fully saturated rings. The van der Waals surface area contributed by atoms with Crippen LogP contribution in [0, 0.1) is 0 Å². The Kier molecular flexibility index (Phi) is 8.32. The third-order valence-corrected chi connectivity index (χ3v) is 2.62. The summed E-state index contributed by atoms with van der Waals surface area (Å²) in [6, 6.07) is -1.82. The molecule has 4 N–H and O–H groups in total. The predicted molar refractivity (Wildman–Crippen MR) is 68.9 cm³/mol. The fourth-order valence-corrected chi connectivity index (χ4v) is 1.53. The number of rotatable bonds is 9. The summed E-state index contributed by atoms with van der Waals surface area (Å²) < 4.78 is 0. The molecule has 0 aromatic heterocycles. The first-order valence-corrected chi connectivity index (χ1v) is 6.38. The maximum Gasteiger partial charge on any atom is 0.326 e. The second kappa shape index (κ2) is 9.18. The highest BCUT2D eigenvalue weighted by atomic mass is 16.4. The van der Waals surface area contributed by atoms with Gasteiger partial charge in [-0.2, -0.15) is 0 Å². The van der Waals surface area contributed by atoms with E-state index in [0.717, 1.165) is 19.3 Å². The Morgan fingerprint density at radius 3 is 2.21 bits per heavy atom. The quantitative estimate of drug-likeness (QED) is 0.504. The second-order valence-corrected chi connectivity index (χ2v) is 4.48. The molecule has 0 saturated heterocycles. The lowest BCUT2D eigenvalue weighted by Crippen LogP contribution is -2.48. The van der Waals surface area contributed by atoms with E-state index in [9.17, 15) is 14.4 Å². The number of urea groups is 1. The van der Waals surface area contributed by atoms with Gasteiger partial charge in [0, 0.05) is 12.5 Å². The Hall–Kier alpha value is -1.79. The molecule has 0 radical (unpaired) electrons. The lowest BCUT2D eigenvalue weighted by atomic mass is 10.1. The van der Waals surface area contributed by atoms with Crippen LogP contribution in [0.3, 0.4) is 0 Å². The number of nitrogens with one attached hydrogen (secondary N) is 2. The average molecular weight is 274 g/mol. The highest BCUT2D eigenvalue weighted by molar-refractivity contribution is 5.83. The van der Waals surface area contributed by atoms with Crippen molar-refractivity contribution in [2.24, 2.45) is 0 Å². The van der Waals surface area contributed by atoms with Gasteiger partial charge in [0.2, 0.25) is 0 Å². The third kappa shape index (κ3) is 8.87. The van der Waals surface area contributed by atoms with Crippen LogP contribution in [0.2, 0.25) is 0 Å². The van der Waals surface area contributed by atoms with Gasteiger partial charge in [0.05, 0.1) is 0 Å². The summed E-state index contributed by atoms with van der Waals surface area (Å²) >= 11 is 0. The minimum absolute atomic E-state index is 0.0473. The molecule has 0 aliphatic carbocycles. The number of unbranched alkanes of at least 4 members (excludes halogenated alkanes) is 1. The zero-order valence-corrected chi connectivity index (χ0v) is 11.3. The molecule has 0 aliphatic rings. The topological polar surface area (TPSA) is 116 Å². The summed E-state index contributed by atoms with van der Waals surface area (Å²) in [5.74, 6) is -2.33. The zero-order chi connectivity index (χ0) is 14.8. The van der Waals surface area contributed by atoms with Crippen LogP contribution in [0.25, 0.3) is 0 Å². The minimum Gasteiger partial charge on any atom is -0.481 e. The summed E-state index contributed by atoms with van der Waals surface area (Å²) in [4.78, 5) is 32.8.